The Morgan fingerprint density at radius 3 is 2.46 bits per heavy atom. The topological polar surface area (TPSA) is 87.5 Å². The molecule has 3 amide bonds. The van der Waals surface area contributed by atoms with Crippen molar-refractivity contribution in [2.24, 2.45) is 0 Å². The van der Waals surface area contributed by atoms with Crippen LogP contribution in [0.1, 0.15) is 37.5 Å². The van der Waals surface area contributed by atoms with Crippen molar-refractivity contribution in [1.29, 1.82) is 0 Å². The van der Waals surface area contributed by atoms with Crippen LogP contribution in [0.4, 0.5) is 10.5 Å². The summed E-state index contributed by atoms with van der Waals surface area (Å²) in [5.41, 5.74) is 1.34. The van der Waals surface area contributed by atoms with Gasteiger partial charge in [-0.15, -0.1) is 0 Å². The first-order valence-corrected chi connectivity index (χ1v) is 12.5. The Labute approximate surface area is 208 Å². The lowest BCUT2D eigenvalue weighted by atomic mass is 10.2. The molecule has 0 radical (unpaired) electrons. The van der Waals surface area contributed by atoms with Crippen molar-refractivity contribution in [3.05, 3.63) is 69.7 Å². The Balaban J connectivity index is 1.21. The third kappa shape index (κ3) is 5.32. The highest BCUT2D eigenvalue weighted by Gasteiger charge is 2.29. The maximum Gasteiger partial charge on any atom is 0.321 e. The Hall–Kier alpha value is -3.39. The van der Waals surface area contributed by atoms with Gasteiger partial charge in [0.1, 0.15) is 5.82 Å². The number of amides is 3. The van der Waals surface area contributed by atoms with Gasteiger partial charge >= 0.3 is 6.03 Å². The fourth-order valence-electron chi connectivity index (χ4n) is 4.56. The van der Waals surface area contributed by atoms with Crippen LogP contribution in [0.5, 0.6) is 0 Å². The first-order chi connectivity index (χ1) is 17.0. The number of urea groups is 1. The minimum atomic E-state index is -0.185. The van der Waals surface area contributed by atoms with Gasteiger partial charge in [0.2, 0.25) is 5.91 Å². The summed E-state index contributed by atoms with van der Waals surface area (Å²) in [5.74, 6) is 0.707. The van der Waals surface area contributed by atoms with Crippen LogP contribution >= 0.6 is 11.6 Å². The lowest BCUT2D eigenvalue weighted by molar-refractivity contribution is -0.131. The molecule has 35 heavy (non-hydrogen) atoms. The number of benzene rings is 2. The number of fused-ring (bicyclic) bond motifs is 1. The zero-order valence-electron chi connectivity index (χ0n) is 19.5. The summed E-state index contributed by atoms with van der Waals surface area (Å²) < 4.78 is 1.79. The number of nitrogens with one attached hydrogen (secondary N) is 1. The van der Waals surface area contributed by atoms with Crippen LogP contribution in [0.2, 0.25) is 5.02 Å². The van der Waals surface area contributed by atoms with Crippen LogP contribution < -0.4 is 10.9 Å². The molecule has 5 rings (SSSR count). The van der Waals surface area contributed by atoms with E-state index in [-0.39, 0.29) is 30.0 Å². The molecule has 1 saturated heterocycles. The quantitative estimate of drug-likeness (QED) is 0.580. The van der Waals surface area contributed by atoms with Gasteiger partial charge in [-0.3, -0.25) is 14.2 Å². The molecule has 1 aromatic heterocycles. The van der Waals surface area contributed by atoms with Gasteiger partial charge in [-0.2, -0.15) is 0 Å². The van der Waals surface area contributed by atoms with Crippen molar-refractivity contribution in [2.45, 2.75) is 38.1 Å². The van der Waals surface area contributed by atoms with Gasteiger partial charge in [0.25, 0.3) is 5.56 Å². The minimum Gasteiger partial charge on any atom is -0.341 e. The molecule has 0 atom stereocenters. The lowest BCUT2D eigenvalue weighted by Gasteiger charge is -2.23. The van der Waals surface area contributed by atoms with Crippen LogP contribution in [0.3, 0.4) is 0 Å². The van der Waals surface area contributed by atoms with E-state index in [2.05, 4.69) is 5.32 Å². The van der Waals surface area contributed by atoms with E-state index in [1.807, 2.05) is 29.2 Å². The predicted octanol–water partition coefficient (Wildman–Crippen LogP) is 4.08. The predicted molar refractivity (Wildman–Crippen MR) is 136 cm³/mol. The van der Waals surface area contributed by atoms with E-state index in [4.69, 9.17) is 16.6 Å². The van der Waals surface area contributed by atoms with Crippen LogP contribution in [-0.2, 0) is 11.2 Å². The number of carbonyl (C=O) groups excluding carboxylic acids is 2. The molecule has 0 spiro atoms. The molecule has 0 bridgehead atoms. The molecule has 2 fully saturated rings. The smallest absolute Gasteiger partial charge is 0.321 e. The van der Waals surface area contributed by atoms with E-state index in [1.165, 1.54) is 0 Å². The van der Waals surface area contributed by atoms with E-state index in [0.717, 1.165) is 12.8 Å². The summed E-state index contributed by atoms with van der Waals surface area (Å²) in [6, 6.07) is 14.4. The molecule has 3 aromatic rings. The van der Waals surface area contributed by atoms with Crippen molar-refractivity contribution in [3.8, 4) is 0 Å². The Kier molecular flexibility index (Phi) is 6.72. The normalized spacial score (nSPS) is 16.3. The molecule has 1 N–H and O–H groups in total. The number of rotatable bonds is 5. The standard InChI is InChI=1S/C26H28ClN5O3/c27-18-6-8-19(9-7-18)28-26(35)31-15-3-14-30(16-17-31)24(33)13-12-23-29-22-5-2-1-4-21(22)25(34)32(23)20-10-11-20/h1-2,4-9,20H,3,10-17H2,(H,28,35). The number of halogens is 1. The molecule has 8 nitrogen and oxygen atoms in total. The second-order valence-electron chi connectivity index (χ2n) is 9.11. The average molecular weight is 494 g/mol. The Morgan fingerprint density at radius 2 is 1.69 bits per heavy atom. The van der Waals surface area contributed by atoms with E-state index in [1.54, 1.807) is 33.7 Å². The van der Waals surface area contributed by atoms with Gasteiger partial charge in [-0.05, 0) is 55.7 Å². The fraction of sp³-hybridized carbons (Fsp3) is 0.385. The van der Waals surface area contributed by atoms with Crippen LogP contribution in [0.15, 0.2) is 53.3 Å². The number of hydrogen-bond donors (Lipinski definition) is 1. The zero-order valence-corrected chi connectivity index (χ0v) is 20.2. The lowest BCUT2D eigenvalue weighted by Crippen LogP contribution is -2.39. The largest absolute Gasteiger partial charge is 0.341 e. The van der Waals surface area contributed by atoms with Crippen molar-refractivity contribution < 1.29 is 9.59 Å². The molecule has 9 heteroatoms. The van der Waals surface area contributed by atoms with Gasteiger partial charge in [0.05, 0.1) is 10.9 Å². The fourth-order valence-corrected chi connectivity index (χ4v) is 4.69. The third-order valence-electron chi connectivity index (χ3n) is 6.59. The number of carbonyl (C=O) groups is 2. The molecule has 1 aliphatic heterocycles. The number of anilines is 1. The highest BCUT2D eigenvalue weighted by molar-refractivity contribution is 6.30. The SMILES string of the molecule is O=C(CCc1nc2ccccc2c(=O)n1C1CC1)N1CCCN(C(=O)Nc2ccc(Cl)cc2)CC1. The summed E-state index contributed by atoms with van der Waals surface area (Å²) in [5, 5.41) is 4.12. The van der Waals surface area contributed by atoms with Crippen LogP contribution in [0.25, 0.3) is 10.9 Å². The van der Waals surface area contributed by atoms with Gasteiger partial charge in [0.15, 0.2) is 0 Å². The highest BCUT2D eigenvalue weighted by atomic mass is 35.5. The monoisotopic (exact) mass is 493 g/mol. The maximum absolute atomic E-state index is 13.0. The number of aromatic nitrogens is 2. The van der Waals surface area contributed by atoms with E-state index in [0.29, 0.717) is 66.5 Å². The number of para-hydroxylation sites is 1. The molecule has 2 aromatic carbocycles. The second-order valence-corrected chi connectivity index (χ2v) is 9.55. The molecule has 0 unspecified atom stereocenters. The molecule has 2 aliphatic rings. The summed E-state index contributed by atoms with van der Waals surface area (Å²) in [4.78, 5) is 47.1. The summed E-state index contributed by atoms with van der Waals surface area (Å²) in [7, 11) is 0. The van der Waals surface area contributed by atoms with Gasteiger partial charge < -0.3 is 15.1 Å². The maximum atomic E-state index is 13.0. The van der Waals surface area contributed by atoms with Crippen molar-refractivity contribution in [2.75, 3.05) is 31.5 Å². The Morgan fingerprint density at radius 1 is 0.971 bits per heavy atom. The van der Waals surface area contributed by atoms with Crippen LogP contribution in [-0.4, -0.2) is 57.5 Å². The zero-order chi connectivity index (χ0) is 24.4. The van der Waals surface area contributed by atoms with E-state index >= 15 is 0 Å². The third-order valence-corrected chi connectivity index (χ3v) is 6.84. The summed E-state index contributed by atoms with van der Waals surface area (Å²) >= 11 is 5.91. The van der Waals surface area contributed by atoms with Gasteiger partial charge in [0, 0.05) is 55.8 Å². The van der Waals surface area contributed by atoms with Crippen molar-refractivity contribution >= 4 is 40.1 Å². The Bertz CT molecular complexity index is 1300. The summed E-state index contributed by atoms with van der Waals surface area (Å²) in [6.07, 6.45) is 3.36. The van der Waals surface area contributed by atoms with Gasteiger partial charge in [-0.25, -0.2) is 9.78 Å². The molecular formula is C26H28ClN5O3. The highest BCUT2D eigenvalue weighted by Crippen LogP contribution is 2.35. The van der Waals surface area contributed by atoms with E-state index in [9.17, 15) is 14.4 Å². The first-order valence-electron chi connectivity index (χ1n) is 12.1. The van der Waals surface area contributed by atoms with Crippen LogP contribution in [0, 0.1) is 0 Å². The molecule has 2 heterocycles. The first kappa shape index (κ1) is 23.4. The number of aryl methyl sites for hydroxylation is 1. The number of nitrogens with zero attached hydrogens (tertiary/aromatic N) is 4. The minimum absolute atomic E-state index is 0.0161. The molecule has 1 saturated carbocycles. The van der Waals surface area contributed by atoms with Crippen molar-refractivity contribution in [3.63, 3.8) is 0 Å². The molecule has 182 valence electrons. The van der Waals surface area contributed by atoms with E-state index < -0.39 is 0 Å². The summed E-state index contributed by atoms with van der Waals surface area (Å²) in [6.45, 7) is 2.13. The average Bonchev–Trinajstić information content (AvgIpc) is 3.71. The second kappa shape index (κ2) is 10.1. The molecule has 1 aliphatic carbocycles. The van der Waals surface area contributed by atoms with Crippen molar-refractivity contribution in [1.82, 2.24) is 19.4 Å². The molecular weight excluding hydrogens is 466 g/mol. The van der Waals surface area contributed by atoms with Gasteiger partial charge in [-0.1, -0.05) is 23.7 Å². The number of hydrogen-bond acceptors (Lipinski definition) is 4.